The first-order valence-electron chi connectivity index (χ1n) is 18.7. The summed E-state index contributed by atoms with van der Waals surface area (Å²) >= 11 is 0. The van der Waals surface area contributed by atoms with Crippen molar-refractivity contribution in [2.24, 2.45) is 17.3 Å². The summed E-state index contributed by atoms with van der Waals surface area (Å²) in [5, 5.41) is 11.5. The van der Waals surface area contributed by atoms with Gasteiger partial charge in [0.2, 0.25) is 23.5 Å². The number of carbonyl (C=O) groups is 6. The van der Waals surface area contributed by atoms with Gasteiger partial charge in [-0.3, -0.25) is 33.8 Å². The van der Waals surface area contributed by atoms with E-state index in [1.807, 2.05) is 27.7 Å². The largest absolute Gasteiger partial charge is 0.347 e. The molecule has 274 valence electrons. The number of carbonyl (C=O) groups excluding carboxylic acids is 6. The molecule has 6 atom stereocenters. The Kier molecular flexibility index (Phi) is 12.3. The summed E-state index contributed by atoms with van der Waals surface area (Å²) in [7, 11) is 0. The van der Waals surface area contributed by atoms with E-state index >= 15 is 0 Å². The van der Waals surface area contributed by atoms with E-state index in [0.29, 0.717) is 19.3 Å². The van der Waals surface area contributed by atoms with Crippen LogP contribution in [0.15, 0.2) is 18.6 Å². The third-order valence-electron chi connectivity index (χ3n) is 10.9. The highest BCUT2D eigenvalue weighted by molar-refractivity contribution is 6.38. The van der Waals surface area contributed by atoms with Crippen molar-refractivity contribution in [2.75, 3.05) is 0 Å². The molecule has 1 aromatic rings. The van der Waals surface area contributed by atoms with Crippen LogP contribution < -0.4 is 21.3 Å². The maximum Gasteiger partial charge on any atom is 0.289 e. The quantitative estimate of drug-likeness (QED) is 0.228. The molecule has 5 amide bonds. The van der Waals surface area contributed by atoms with Crippen LogP contribution in [0.2, 0.25) is 0 Å². The smallest absolute Gasteiger partial charge is 0.289 e. The maximum absolute atomic E-state index is 14.8. The molecule has 0 spiro atoms. The third-order valence-corrected chi connectivity index (χ3v) is 10.9. The first-order chi connectivity index (χ1) is 23.9. The molecule has 13 nitrogen and oxygen atoms in total. The number of amides is 5. The van der Waals surface area contributed by atoms with E-state index < -0.39 is 59.0 Å². The molecule has 0 bridgehead atoms. The van der Waals surface area contributed by atoms with Gasteiger partial charge in [0.05, 0.1) is 12.2 Å². The lowest BCUT2D eigenvalue weighted by Crippen LogP contribution is -2.63. The summed E-state index contributed by atoms with van der Waals surface area (Å²) < 4.78 is 0. The van der Waals surface area contributed by atoms with Crippen LogP contribution in [-0.2, 0) is 24.0 Å². The number of rotatable bonds is 13. The summed E-state index contributed by atoms with van der Waals surface area (Å²) in [6, 6.07) is -3.89. The molecule has 1 aliphatic heterocycles. The number of hydrogen-bond donors (Lipinski definition) is 4. The first kappa shape index (κ1) is 37.4. The highest BCUT2D eigenvalue weighted by atomic mass is 16.2. The molecule has 3 saturated carbocycles. The second-order valence-corrected chi connectivity index (χ2v) is 15.8. The van der Waals surface area contributed by atoms with E-state index in [0.717, 1.165) is 70.6 Å². The van der Waals surface area contributed by atoms with Gasteiger partial charge in [-0.15, -0.1) is 0 Å². The molecule has 4 N–H and O–H groups in total. The molecular formula is C37H55N7O6. The molecule has 4 aliphatic rings. The number of aromatic nitrogens is 2. The fraction of sp³-hybridized carbons (Fsp3) is 0.730. The molecule has 5 rings (SSSR count). The minimum atomic E-state index is -0.997. The van der Waals surface area contributed by atoms with Crippen molar-refractivity contribution in [1.29, 1.82) is 0 Å². The van der Waals surface area contributed by atoms with Gasteiger partial charge in [-0.25, -0.2) is 4.98 Å². The number of likely N-dealkylation sites (tertiary alicyclic amines) is 1. The number of ketones is 1. The zero-order valence-corrected chi connectivity index (χ0v) is 30.0. The number of nitrogens with one attached hydrogen (secondary N) is 4. The molecule has 50 heavy (non-hydrogen) atoms. The minimum absolute atomic E-state index is 0.0121. The van der Waals surface area contributed by atoms with Gasteiger partial charge in [0.15, 0.2) is 0 Å². The van der Waals surface area contributed by atoms with Crippen molar-refractivity contribution in [2.45, 2.75) is 154 Å². The lowest BCUT2D eigenvalue weighted by atomic mass is 9.81. The lowest BCUT2D eigenvalue weighted by Gasteiger charge is -2.40. The molecule has 13 heteroatoms. The molecule has 3 aliphatic carbocycles. The summed E-state index contributed by atoms with van der Waals surface area (Å²) in [4.78, 5) is 91.9. The van der Waals surface area contributed by atoms with Gasteiger partial charge in [0.1, 0.15) is 23.8 Å². The van der Waals surface area contributed by atoms with E-state index in [1.165, 1.54) is 18.6 Å². The van der Waals surface area contributed by atoms with E-state index in [2.05, 4.69) is 31.2 Å². The lowest BCUT2D eigenvalue weighted by molar-refractivity contribution is -0.147. The van der Waals surface area contributed by atoms with Crippen molar-refractivity contribution in [3.8, 4) is 0 Å². The molecule has 1 aromatic heterocycles. The zero-order chi connectivity index (χ0) is 36.0. The normalized spacial score (nSPS) is 24.2. The highest BCUT2D eigenvalue weighted by Gasteiger charge is 2.51. The Balaban J connectivity index is 1.38. The predicted octanol–water partition coefficient (Wildman–Crippen LogP) is 2.98. The van der Waals surface area contributed by atoms with Gasteiger partial charge in [0, 0.05) is 24.5 Å². The van der Waals surface area contributed by atoms with E-state index in [1.54, 1.807) is 4.90 Å². The van der Waals surface area contributed by atoms with Crippen LogP contribution in [-0.4, -0.2) is 86.4 Å². The average Bonchev–Trinajstić information content (AvgIpc) is 3.84. The van der Waals surface area contributed by atoms with E-state index in [-0.39, 0.29) is 35.5 Å². The Morgan fingerprint density at radius 2 is 1.58 bits per heavy atom. The van der Waals surface area contributed by atoms with Crippen LogP contribution in [0.1, 0.15) is 128 Å². The Morgan fingerprint density at radius 3 is 2.22 bits per heavy atom. The van der Waals surface area contributed by atoms with Gasteiger partial charge in [-0.2, -0.15) is 0 Å². The van der Waals surface area contributed by atoms with Crippen LogP contribution >= 0.6 is 0 Å². The molecule has 1 saturated heterocycles. The SMILES string of the molecule is CCC[C@H](NC(=O)[C@@H]1C[C@@H]2CCCC[C@@H]2N1C(=O)[C@@H](NC(=O)[C@@H](NC(=O)c1cnccn1)C1CCCCC1)C(C)(C)C)C(=O)C(=O)NC1CC1. The Hall–Kier alpha value is -3.90. The Morgan fingerprint density at radius 1 is 0.880 bits per heavy atom. The standard InChI is InChI=1S/C37H55N7O6/c1-5-11-25(30(45)35(49)40-24-16-17-24)41-33(47)28-20-23-14-9-10-15-27(23)44(28)36(50)31(37(2,3)4)43-34(48)29(22-12-7-6-8-13-22)42-32(46)26-21-38-18-19-39-26/h18-19,21-25,27-29,31H,5-17,20H2,1-4H3,(H,40,49)(H,41,47)(H,42,46)(H,43,48)/t23-,25-,27-,28-,29-,31+/m0/s1. The fourth-order valence-electron chi connectivity index (χ4n) is 8.01. The first-order valence-corrected chi connectivity index (χ1v) is 18.7. The summed E-state index contributed by atoms with van der Waals surface area (Å²) in [5.74, 6) is -3.12. The second-order valence-electron chi connectivity index (χ2n) is 15.8. The summed E-state index contributed by atoms with van der Waals surface area (Å²) in [6.07, 6.45) is 15.3. The summed E-state index contributed by atoms with van der Waals surface area (Å²) in [6.45, 7) is 7.52. The van der Waals surface area contributed by atoms with E-state index in [4.69, 9.17) is 0 Å². The Bertz CT molecular complexity index is 1400. The molecule has 0 radical (unpaired) electrons. The maximum atomic E-state index is 14.8. The monoisotopic (exact) mass is 693 g/mol. The van der Waals surface area contributed by atoms with Crippen molar-refractivity contribution in [3.05, 3.63) is 24.3 Å². The van der Waals surface area contributed by atoms with Crippen LogP contribution in [0.5, 0.6) is 0 Å². The number of nitrogens with zero attached hydrogens (tertiary/aromatic N) is 3. The predicted molar refractivity (Wildman–Crippen MR) is 185 cm³/mol. The van der Waals surface area contributed by atoms with Gasteiger partial charge < -0.3 is 26.2 Å². The van der Waals surface area contributed by atoms with Crippen LogP contribution in [0.4, 0.5) is 0 Å². The second kappa shape index (κ2) is 16.4. The van der Waals surface area contributed by atoms with Crippen LogP contribution in [0, 0.1) is 17.3 Å². The number of hydrogen-bond acceptors (Lipinski definition) is 8. The van der Waals surface area contributed by atoms with Gasteiger partial charge in [0.25, 0.3) is 11.8 Å². The topological polar surface area (TPSA) is 180 Å². The van der Waals surface area contributed by atoms with Crippen LogP contribution in [0.3, 0.4) is 0 Å². The van der Waals surface area contributed by atoms with Crippen molar-refractivity contribution >= 4 is 35.3 Å². The number of fused-ring (bicyclic) bond motifs is 1. The number of Topliss-reactive ketones (excluding diaryl/α,β-unsaturated/α-hetero) is 1. The summed E-state index contributed by atoms with van der Waals surface area (Å²) in [5.41, 5.74) is -0.641. The van der Waals surface area contributed by atoms with Crippen molar-refractivity contribution in [3.63, 3.8) is 0 Å². The van der Waals surface area contributed by atoms with E-state index in [9.17, 15) is 28.8 Å². The molecule has 0 aromatic carbocycles. The third kappa shape index (κ3) is 9.06. The zero-order valence-electron chi connectivity index (χ0n) is 30.0. The van der Waals surface area contributed by atoms with Gasteiger partial charge >= 0.3 is 0 Å². The molecule has 4 fully saturated rings. The van der Waals surface area contributed by atoms with Gasteiger partial charge in [-0.1, -0.05) is 66.2 Å². The van der Waals surface area contributed by atoms with Crippen LogP contribution in [0.25, 0.3) is 0 Å². The molecule has 0 unspecified atom stereocenters. The van der Waals surface area contributed by atoms with Crippen molar-refractivity contribution in [1.82, 2.24) is 36.1 Å². The molecular weight excluding hydrogens is 638 g/mol. The minimum Gasteiger partial charge on any atom is -0.347 e. The fourth-order valence-corrected chi connectivity index (χ4v) is 8.01. The highest BCUT2D eigenvalue weighted by Crippen LogP contribution is 2.41. The average molecular weight is 694 g/mol. The van der Waals surface area contributed by atoms with Gasteiger partial charge in [-0.05, 0) is 68.6 Å². The molecule has 2 heterocycles. The Labute approximate surface area is 295 Å². The van der Waals surface area contributed by atoms with Crippen molar-refractivity contribution < 1.29 is 28.8 Å².